The van der Waals surface area contributed by atoms with E-state index >= 15 is 0 Å². The maximum atomic E-state index is 4.98. The third kappa shape index (κ3) is 4.43. The number of para-hydroxylation sites is 1. The second-order valence-corrected chi connectivity index (χ2v) is 10.3. The molecule has 4 nitrogen and oxygen atoms in total. The Kier molecular flexibility index (Phi) is 5.99. The molecular formula is C31H34N4. The number of nitrogens with one attached hydrogen (secondary N) is 1. The van der Waals surface area contributed by atoms with Gasteiger partial charge in [0.2, 0.25) is 5.95 Å². The van der Waals surface area contributed by atoms with Crippen molar-refractivity contribution in [2.24, 2.45) is 0 Å². The summed E-state index contributed by atoms with van der Waals surface area (Å²) in [6.07, 6.45) is 9.56. The van der Waals surface area contributed by atoms with E-state index in [0.717, 1.165) is 34.6 Å². The summed E-state index contributed by atoms with van der Waals surface area (Å²) in [5, 5.41) is 4.56. The van der Waals surface area contributed by atoms with E-state index in [1.807, 2.05) is 6.20 Å². The highest BCUT2D eigenvalue weighted by Gasteiger charge is 2.24. The van der Waals surface area contributed by atoms with Gasteiger partial charge in [-0.1, -0.05) is 42.5 Å². The first-order chi connectivity index (χ1) is 17.2. The highest BCUT2D eigenvalue weighted by molar-refractivity contribution is 5.94. The third-order valence-corrected chi connectivity index (χ3v) is 8.12. The van der Waals surface area contributed by atoms with Gasteiger partial charge in [0.25, 0.3) is 0 Å². The zero-order valence-corrected chi connectivity index (χ0v) is 20.8. The molecule has 0 radical (unpaired) electrons. The van der Waals surface area contributed by atoms with Gasteiger partial charge >= 0.3 is 0 Å². The second kappa shape index (κ2) is 9.43. The van der Waals surface area contributed by atoms with E-state index in [1.54, 1.807) is 0 Å². The van der Waals surface area contributed by atoms with E-state index in [2.05, 4.69) is 83.6 Å². The van der Waals surface area contributed by atoms with E-state index in [-0.39, 0.29) is 0 Å². The molecule has 35 heavy (non-hydrogen) atoms. The first kappa shape index (κ1) is 22.2. The molecule has 1 aliphatic heterocycles. The topological polar surface area (TPSA) is 41.1 Å². The van der Waals surface area contributed by atoms with Crippen molar-refractivity contribution in [2.75, 3.05) is 18.4 Å². The zero-order valence-electron chi connectivity index (χ0n) is 20.8. The number of likely N-dealkylation sites (tertiary alicyclic amines) is 1. The van der Waals surface area contributed by atoms with Gasteiger partial charge in [-0.15, -0.1) is 0 Å². The molecule has 6 rings (SSSR count). The molecule has 1 aliphatic carbocycles. The highest BCUT2D eigenvalue weighted by atomic mass is 15.2. The van der Waals surface area contributed by atoms with Crippen LogP contribution in [0.2, 0.25) is 0 Å². The van der Waals surface area contributed by atoms with Crippen molar-refractivity contribution in [1.82, 2.24) is 14.9 Å². The molecule has 0 bridgehead atoms. The first-order valence-electron chi connectivity index (χ1n) is 13.1. The molecule has 1 N–H and O–H groups in total. The van der Waals surface area contributed by atoms with Crippen LogP contribution in [0.25, 0.3) is 22.0 Å². The predicted octanol–water partition coefficient (Wildman–Crippen LogP) is 7.00. The average Bonchev–Trinajstić information content (AvgIpc) is 3.33. The summed E-state index contributed by atoms with van der Waals surface area (Å²) in [6, 6.07) is 20.4. The Labute approximate surface area is 208 Å². The number of fused-ring (bicyclic) bond motifs is 2. The summed E-state index contributed by atoms with van der Waals surface area (Å²) in [6.45, 7) is 6.93. The van der Waals surface area contributed by atoms with Crippen LogP contribution in [0.15, 0.2) is 60.8 Å². The molecule has 1 fully saturated rings. The predicted molar refractivity (Wildman–Crippen MR) is 145 cm³/mol. The van der Waals surface area contributed by atoms with Crippen LogP contribution in [0.1, 0.15) is 47.9 Å². The van der Waals surface area contributed by atoms with Crippen molar-refractivity contribution in [2.45, 2.75) is 58.4 Å². The van der Waals surface area contributed by atoms with E-state index in [0.29, 0.717) is 5.95 Å². The summed E-state index contributed by atoms with van der Waals surface area (Å²) in [5.41, 5.74) is 10.0. The maximum absolute atomic E-state index is 4.98. The Balaban J connectivity index is 1.27. The molecular weight excluding hydrogens is 428 g/mol. The SMILES string of the molecule is Cc1cccc(-c2cccc3cnc(Nc4ccc5c(c4)CCC(N4CCCC4)CC5)nc23)c1C. The Hall–Kier alpha value is -3.24. The van der Waals surface area contributed by atoms with Gasteiger partial charge in [-0.2, -0.15) is 0 Å². The number of hydrogen-bond donors (Lipinski definition) is 1. The van der Waals surface area contributed by atoms with Crippen molar-refractivity contribution < 1.29 is 0 Å². The van der Waals surface area contributed by atoms with Gasteiger partial charge < -0.3 is 10.2 Å². The summed E-state index contributed by atoms with van der Waals surface area (Å²) >= 11 is 0. The minimum Gasteiger partial charge on any atom is -0.324 e. The lowest BCUT2D eigenvalue weighted by Crippen LogP contribution is -2.32. The van der Waals surface area contributed by atoms with Crippen LogP contribution in [0, 0.1) is 13.8 Å². The molecule has 3 aromatic carbocycles. The molecule has 0 amide bonds. The van der Waals surface area contributed by atoms with Crippen molar-refractivity contribution >= 4 is 22.5 Å². The van der Waals surface area contributed by atoms with E-state index in [4.69, 9.17) is 4.98 Å². The van der Waals surface area contributed by atoms with Crippen LogP contribution < -0.4 is 5.32 Å². The molecule has 1 unspecified atom stereocenters. The van der Waals surface area contributed by atoms with Crippen molar-refractivity contribution in [1.29, 1.82) is 0 Å². The van der Waals surface area contributed by atoms with Gasteiger partial charge in [-0.05, 0) is 105 Å². The largest absolute Gasteiger partial charge is 0.324 e. The van der Waals surface area contributed by atoms with Gasteiger partial charge in [0.15, 0.2) is 0 Å². The van der Waals surface area contributed by atoms with Gasteiger partial charge in [-0.25, -0.2) is 9.97 Å². The molecule has 2 heterocycles. The van der Waals surface area contributed by atoms with Crippen molar-refractivity contribution in [3.8, 4) is 11.1 Å². The normalized spacial score (nSPS) is 18.4. The van der Waals surface area contributed by atoms with Crippen LogP contribution >= 0.6 is 0 Å². The first-order valence-corrected chi connectivity index (χ1v) is 13.1. The van der Waals surface area contributed by atoms with Crippen molar-refractivity contribution in [3.63, 3.8) is 0 Å². The number of benzene rings is 3. The van der Waals surface area contributed by atoms with E-state index < -0.39 is 0 Å². The number of aromatic nitrogens is 2. The molecule has 2 aliphatic rings. The quantitative estimate of drug-likeness (QED) is 0.332. The second-order valence-electron chi connectivity index (χ2n) is 10.3. The standard InChI is InChI=1S/C31H34N4/c1-21-7-5-9-28(22(21)2)29-10-6-8-25-20-32-31(34-30(25)29)33-26-14-11-23-12-15-27(16-13-24(23)19-26)35-17-3-4-18-35/h5-11,14,19-20,27H,3-4,12-13,15-18H2,1-2H3,(H,32,33,34). The Bertz CT molecular complexity index is 1370. The Morgan fingerprint density at radius 2 is 1.63 bits per heavy atom. The smallest absolute Gasteiger partial charge is 0.227 e. The van der Waals surface area contributed by atoms with Gasteiger partial charge in [0, 0.05) is 28.9 Å². The number of nitrogens with zero attached hydrogens (tertiary/aromatic N) is 3. The van der Waals surface area contributed by atoms with Crippen LogP contribution in [0.3, 0.4) is 0 Å². The molecule has 4 aromatic rings. The number of anilines is 2. The van der Waals surface area contributed by atoms with Gasteiger partial charge in [0.1, 0.15) is 0 Å². The van der Waals surface area contributed by atoms with Crippen LogP contribution in [0.4, 0.5) is 11.6 Å². The Morgan fingerprint density at radius 1 is 0.857 bits per heavy atom. The number of aryl methyl sites for hydroxylation is 3. The minimum atomic E-state index is 0.652. The molecule has 4 heteroatoms. The van der Waals surface area contributed by atoms with Crippen LogP contribution in [0.5, 0.6) is 0 Å². The molecule has 0 saturated carbocycles. The number of rotatable bonds is 4. The summed E-state index contributed by atoms with van der Waals surface area (Å²) in [5.74, 6) is 0.652. The third-order valence-electron chi connectivity index (χ3n) is 8.12. The van der Waals surface area contributed by atoms with Gasteiger partial charge in [-0.3, -0.25) is 0 Å². The minimum absolute atomic E-state index is 0.652. The van der Waals surface area contributed by atoms with Crippen LogP contribution in [-0.2, 0) is 12.8 Å². The molecule has 1 aromatic heterocycles. The van der Waals surface area contributed by atoms with E-state index in [1.165, 1.54) is 73.0 Å². The molecule has 0 spiro atoms. The molecule has 1 atom stereocenters. The fourth-order valence-corrected chi connectivity index (χ4v) is 5.95. The summed E-state index contributed by atoms with van der Waals surface area (Å²) in [7, 11) is 0. The average molecular weight is 463 g/mol. The summed E-state index contributed by atoms with van der Waals surface area (Å²) in [4.78, 5) is 12.4. The lowest BCUT2D eigenvalue weighted by molar-refractivity contribution is 0.222. The fraction of sp³-hybridized carbons (Fsp3) is 0.355. The molecule has 178 valence electrons. The summed E-state index contributed by atoms with van der Waals surface area (Å²) < 4.78 is 0. The monoisotopic (exact) mass is 462 g/mol. The van der Waals surface area contributed by atoms with E-state index in [9.17, 15) is 0 Å². The zero-order chi connectivity index (χ0) is 23.8. The van der Waals surface area contributed by atoms with Crippen molar-refractivity contribution in [3.05, 3.63) is 83.0 Å². The number of hydrogen-bond acceptors (Lipinski definition) is 4. The van der Waals surface area contributed by atoms with Crippen LogP contribution in [-0.4, -0.2) is 34.0 Å². The lowest BCUT2D eigenvalue weighted by atomic mass is 9.95. The maximum Gasteiger partial charge on any atom is 0.227 e. The Morgan fingerprint density at radius 3 is 2.49 bits per heavy atom. The van der Waals surface area contributed by atoms with Gasteiger partial charge in [0.05, 0.1) is 5.52 Å². The highest BCUT2D eigenvalue weighted by Crippen LogP contribution is 2.32. The lowest BCUT2D eigenvalue weighted by Gasteiger charge is -2.25. The fourth-order valence-electron chi connectivity index (χ4n) is 5.95. The molecule has 1 saturated heterocycles.